The van der Waals surface area contributed by atoms with Gasteiger partial charge in [-0.3, -0.25) is 0 Å². The molecule has 7 heteroatoms. The van der Waals surface area contributed by atoms with Gasteiger partial charge in [0.25, 0.3) is 0 Å². The van der Waals surface area contributed by atoms with Crippen LogP contribution < -0.4 is 5.32 Å². The van der Waals surface area contributed by atoms with Crippen molar-refractivity contribution in [3.8, 4) is 0 Å². The normalized spacial score (nSPS) is 15.6. The SMILES string of the molecule is C/C=C/[C@@H](OC(=O)[C@H](C)NC(=O)OC(C)(C)C)O[Si](C)(C)C(C)(C)C. The van der Waals surface area contributed by atoms with Gasteiger partial charge in [0.1, 0.15) is 11.6 Å². The summed E-state index contributed by atoms with van der Waals surface area (Å²) in [7, 11) is -2.11. The topological polar surface area (TPSA) is 73.9 Å². The summed E-state index contributed by atoms with van der Waals surface area (Å²) in [6, 6.07) is -0.842. The minimum Gasteiger partial charge on any atom is -0.444 e. The smallest absolute Gasteiger partial charge is 0.408 e. The van der Waals surface area contributed by atoms with Crippen LogP contribution in [0.3, 0.4) is 0 Å². The van der Waals surface area contributed by atoms with E-state index in [0.29, 0.717) is 0 Å². The van der Waals surface area contributed by atoms with Crippen molar-refractivity contribution in [1.82, 2.24) is 5.32 Å². The number of nitrogens with one attached hydrogen (secondary N) is 1. The molecule has 146 valence electrons. The summed E-state index contributed by atoms with van der Waals surface area (Å²) in [6.07, 6.45) is 2.03. The number of hydrogen-bond donors (Lipinski definition) is 1. The Hall–Kier alpha value is -1.34. The molecule has 1 N–H and O–H groups in total. The van der Waals surface area contributed by atoms with Gasteiger partial charge < -0.3 is 19.2 Å². The maximum Gasteiger partial charge on any atom is 0.408 e. The van der Waals surface area contributed by atoms with Crippen LogP contribution in [0.4, 0.5) is 4.79 Å². The van der Waals surface area contributed by atoms with Gasteiger partial charge in [-0.2, -0.15) is 0 Å². The van der Waals surface area contributed by atoms with Crippen molar-refractivity contribution >= 4 is 20.4 Å². The first-order chi connectivity index (χ1) is 11.1. The molecule has 0 aromatic carbocycles. The molecule has 0 spiro atoms. The molecule has 0 aliphatic heterocycles. The fourth-order valence-electron chi connectivity index (χ4n) is 1.49. The molecular weight excluding hydrogens is 338 g/mol. The van der Waals surface area contributed by atoms with Crippen molar-refractivity contribution in [2.75, 3.05) is 0 Å². The van der Waals surface area contributed by atoms with Crippen molar-refractivity contribution in [3.63, 3.8) is 0 Å². The predicted molar refractivity (Wildman–Crippen MR) is 102 cm³/mol. The van der Waals surface area contributed by atoms with E-state index in [1.807, 2.05) is 6.92 Å². The van der Waals surface area contributed by atoms with Gasteiger partial charge in [0.2, 0.25) is 6.29 Å². The molecule has 25 heavy (non-hydrogen) atoms. The highest BCUT2D eigenvalue weighted by atomic mass is 28.4. The molecule has 0 unspecified atom stereocenters. The molecule has 0 fully saturated rings. The van der Waals surface area contributed by atoms with E-state index in [2.05, 4.69) is 39.2 Å². The number of alkyl carbamates (subject to hydrolysis) is 1. The van der Waals surface area contributed by atoms with Gasteiger partial charge in [-0.1, -0.05) is 26.8 Å². The van der Waals surface area contributed by atoms with Crippen LogP contribution in [0.1, 0.15) is 55.4 Å². The number of allylic oxidation sites excluding steroid dienone is 1. The van der Waals surface area contributed by atoms with Crippen LogP contribution in [0, 0.1) is 0 Å². The van der Waals surface area contributed by atoms with Crippen LogP contribution in [0.2, 0.25) is 18.1 Å². The summed E-state index contributed by atoms with van der Waals surface area (Å²) in [5.41, 5.74) is -0.632. The summed E-state index contributed by atoms with van der Waals surface area (Å²) < 4.78 is 16.7. The van der Waals surface area contributed by atoms with Crippen LogP contribution in [0.5, 0.6) is 0 Å². The summed E-state index contributed by atoms with van der Waals surface area (Å²) in [6.45, 7) is 19.1. The lowest BCUT2D eigenvalue weighted by Gasteiger charge is -2.38. The number of carbonyl (C=O) groups is 2. The Morgan fingerprint density at radius 2 is 1.60 bits per heavy atom. The van der Waals surface area contributed by atoms with E-state index in [0.717, 1.165) is 0 Å². The molecule has 0 aromatic heterocycles. The number of hydrogen-bond acceptors (Lipinski definition) is 5. The third-order valence-electron chi connectivity index (χ3n) is 3.89. The maximum atomic E-state index is 12.3. The summed E-state index contributed by atoms with van der Waals surface area (Å²) in [4.78, 5) is 24.0. The largest absolute Gasteiger partial charge is 0.444 e. The second-order valence-electron chi connectivity index (χ2n) is 8.58. The zero-order valence-corrected chi connectivity index (χ0v) is 18.4. The zero-order valence-electron chi connectivity index (χ0n) is 17.4. The van der Waals surface area contributed by atoms with Gasteiger partial charge >= 0.3 is 12.1 Å². The molecule has 0 saturated heterocycles. The molecule has 1 amide bonds. The summed E-state index contributed by atoms with van der Waals surface area (Å²) >= 11 is 0. The standard InChI is InChI=1S/C18H35NO5Si/c1-11-12-14(24-25(9,10)18(6,7)8)22-15(20)13(2)19-16(21)23-17(3,4)5/h11-14H,1-10H3,(H,19,21)/b12-11+/t13-,14-/m0/s1. The predicted octanol–water partition coefficient (Wildman–Crippen LogP) is 4.37. The maximum absolute atomic E-state index is 12.3. The van der Waals surface area contributed by atoms with Gasteiger partial charge in [-0.05, 0) is 58.8 Å². The Bertz CT molecular complexity index is 489. The summed E-state index contributed by atoms with van der Waals surface area (Å²) in [5.74, 6) is -0.576. The second-order valence-corrected chi connectivity index (χ2v) is 13.3. The van der Waals surface area contributed by atoms with E-state index in [1.54, 1.807) is 39.8 Å². The van der Waals surface area contributed by atoms with E-state index in [-0.39, 0.29) is 5.04 Å². The van der Waals surface area contributed by atoms with Crippen LogP contribution in [-0.4, -0.2) is 38.3 Å². The number of amides is 1. The average Bonchev–Trinajstić information content (AvgIpc) is 2.34. The second kappa shape index (κ2) is 8.85. The van der Waals surface area contributed by atoms with E-state index in [1.165, 1.54) is 0 Å². The van der Waals surface area contributed by atoms with Crippen LogP contribution in [0.25, 0.3) is 0 Å². The first kappa shape index (κ1) is 23.7. The molecular formula is C18H35NO5Si. The van der Waals surface area contributed by atoms with Crippen LogP contribution in [0.15, 0.2) is 12.2 Å². The van der Waals surface area contributed by atoms with Crippen molar-refractivity contribution in [1.29, 1.82) is 0 Å². The van der Waals surface area contributed by atoms with Gasteiger partial charge in [0, 0.05) is 0 Å². The Balaban J connectivity index is 4.87. The lowest BCUT2D eigenvalue weighted by Crippen LogP contribution is -2.47. The highest BCUT2D eigenvalue weighted by molar-refractivity contribution is 6.74. The van der Waals surface area contributed by atoms with Crippen molar-refractivity contribution in [2.24, 2.45) is 0 Å². The lowest BCUT2D eigenvalue weighted by atomic mass is 10.2. The van der Waals surface area contributed by atoms with E-state index >= 15 is 0 Å². The van der Waals surface area contributed by atoms with E-state index < -0.39 is 38.3 Å². The minimum atomic E-state index is -2.11. The monoisotopic (exact) mass is 373 g/mol. The third kappa shape index (κ3) is 9.07. The average molecular weight is 374 g/mol. The van der Waals surface area contributed by atoms with Crippen molar-refractivity contribution in [2.45, 2.75) is 91.5 Å². The molecule has 0 aromatic rings. The fourth-order valence-corrected chi connectivity index (χ4v) is 2.55. The molecule has 0 rings (SSSR count). The molecule has 0 saturated carbocycles. The number of carbonyl (C=O) groups excluding carboxylic acids is 2. The highest BCUT2D eigenvalue weighted by Crippen LogP contribution is 2.37. The number of esters is 1. The fraction of sp³-hybridized carbons (Fsp3) is 0.778. The lowest BCUT2D eigenvalue weighted by molar-refractivity contribution is -0.161. The quantitative estimate of drug-likeness (QED) is 0.324. The first-order valence-corrected chi connectivity index (χ1v) is 11.5. The molecule has 2 atom stereocenters. The number of ether oxygens (including phenoxy) is 2. The molecule has 0 radical (unpaired) electrons. The van der Waals surface area contributed by atoms with Gasteiger partial charge in [0.15, 0.2) is 8.32 Å². The molecule has 6 nitrogen and oxygen atoms in total. The molecule has 0 heterocycles. The van der Waals surface area contributed by atoms with Gasteiger partial charge in [-0.15, -0.1) is 0 Å². The Morgan fingerprint density at radius 3 is 2.00 bits per heavy atom. The highest BCUT2D eigenvalue weighted by Gasteiger charge is 2.40. The third-order valence-corrected chi connectivity index (χ3v) is 8.32. The molecule has 0 aliphatic rings. The minimum absolute atomic E-state index is 0.0143. The Kier molecular flexibility index (Phi) is 8.37. The van der Waals surface area contributed by atoms with E-state index in [9.17, 15) is 9.59 Å². The van der Waals surface area contributed by atoms with Crippen molar-refractivity contribution in [3.05, 3.63) is 12.2 Å². The Morgan fingerprint density at radius 1 is 1.08 bits per heavy atom. The van der Waals surface area contributed by atoms with Gasteiger partial charge in [0.05, 0.1) is 0 Å². The zero-order chi connectivity index (χ0) is 20.1. The first-order valence-electron chi connectivity index (χ1n) is 8.59. The van der Waals surface area contributed by atoms with Crippen LogP contribution in [-0.2, 0) is 18.7 Å². The van der Waals surface area contributed by atoms with Crippen LogP contribution >= 0.6 is 0 Å². The van der Waals surface area contributed by atoms with Crippen molar-refractivity contribution < 1.29 is 23.5 Å². The molecule has 0 aliphatic carbocycles. The number of rotatable bonds is 6. The Labute approximate surface area is 153 Å². The molecule has 0 bridgehead atoms. The van der Waals surface area contributed by atoms with Gasteiger partial charge in [-0.25, -0.2) is 9.59 Å². The summed E-state index contributed by atoms with van der Waals surface area (Å²) in [5, 5.41) is 2.46. The van der Waals surface area contributed by atoms with E-state index in [4.69, 9.17) is 13.9 Å².